The van der Waals surface area contributed by atoms with E-state index in [0.717, 1.165) is 18.4 Å². The number of carboxylic acid groups (broad SMARTS) is 1. The minimum absolute atomic E-state index is 0.0411. The Kier molecular flexibility index (Phi) is 11.4. The van der Waals surface area contributed by atoms with Crippen molar-refractivity contribution in [1.82, 2.24) is 5.32 Å². The van der Waals surface area contributed by atoms with Gasteiger partial charge < -0.3 is 19.9 Å². The normalized spacial score (nSPS) is 14.0. The van der Waals surface area contributed by atoms with Crippen LogP contribution in [-0.4, -0.2) is 50.3 Å². The third-order valence-corrected chi connectivity index (χ3v) is 2.87. The van der Waals surface area contributed by atoms with Crippen molar-refractivity contribution in [3.05, 3.63) is 23.8 Å². The molecule has 0 aromatic carbocycles. The molecule has 22 heavy (non-hydrogen) atoms. The number of likely N-dealkylation sites (N-methyl/N-ethyl adjacent to an activating group) is 1. The van der Waals surface area contributed by atoms with E-state index in [1.807, 2.05) is 6.08 Å². The second-order valence-corrected chi connectivity index (χ2v) is 4.46. The van der Waals surface area contributed by atoms with Crippen LogP contribution in [0.2, 0.25) is 0 Å². The Balaban J connectivity index is 0.000000406. The first kappa shape index (κ1) is 19.9. The first-order chi connectivity index (χ1) is 10.5. The lowest BCUT2D eigenvalue weighted by molar-refractivity contribution is -0.143. The number of carbonyl (C=O) groups is 3. The standard InChI is InChI=1S/C8H10O2.C7H13NO4/c9-7-10-6-8-4-2-1-3-5-8;1-8-5(7(11)12-2)3-4-6(9)10/h2,4-5,7H,1,3,6H2;5,8H,3-4H2,1-2H3,(H,9,10). The highest BCUT2D eigenvalue weighted by Gasteiger charge is 2.17. The fourth-order valence-electron chi connectivity index (χ4n) is 1.70. The molecule has 124 valence electrons. The molecule has 7 heteroatoms. The van der Waals surface area contributed by atoms with Crippen molar-refractivity contribution in [2.24, 2.45) is 0 Å². The second-order valence-electron chi connectivity index (χ2n) is 4.46. The topological polar surface area (TPSA) is 102 Å². The molecule has 0 aromatic heterocycles. The Bertz CT molecular complexity index is 416. The van der Waals surface area contributed by atoms with E-state index in [2.05, 4.69) is 26.9 Å². The number of allylic oxidation sites excluding steroid dienone is 2. The van der Waals surface area contributed by atoms with Crippen LogP contribution in [0.5, 0.6) is 0 Å². The van der Waals surface area contributed by atoms with E-state index in [0.29, 0.717) is 13.1 Å². The molecule has 0 amide bonds. The molecule has 1 unspecified atom stereocenters. The number of methoxy groups -OCH3 is 1. The number of hydrogen-bond acceptors (Lipinski definition) is 6. The zero-order valence-corrected chi connectivity index (χ0v) is 12.9. The van der Waals surface area contributed by atoms with E-state index in [1.165, 1.54) is 7.11 Å². The van der Waals surface area contributed by atoms with Gasteiger partial charge in [-0.3, -0.25) is 14.4 Å². The Morgan fingerprint density at radius 1 is 1.45 bits per heavy atom. The van der Waals surface area contributed by atoms with Crippen molar-refractivity contribution in [1.29, 1.82) is 0 Å². The van der Waals surface area contributed by atoms with Gasteiger partial charge in [0, 0.05) is 6.42 Å². The zero-order valence-electron chi connectivity index (χ0n) is 12.9. The fourth-order valence-corrected chi connectivity index (χ4v) is 1.70. The van der Waals surface area contributed by atoms with Gasteiger partial charge in [0.25, 0.3) is 6.47 Å². The molecule has 0 aromatic rings. The van der Waals surface area contributed by atoms with Gasteiger partial charge in [-0.2, -0.15) is 0 Å². The SMILES string of the molecule is CNC(CCC(=O)O)C(=O)OC.O=COCC1=CCCC=C1. The van der Waals surface area contributed by atoms with Gasteiger partial charge in [0.2, 0.25) is 0 Å². The molecule has 1 aliphatic rings. The maximum Gasteiger partial charge on any atom is 0.322 e. The highest BCUT2D eigenvalue weighted by Crippen LogP contribution is 2.08. The first-order valence-electron chi connectivity index (χ1n) is 6.92. The Morgan fingerprint density at radius 2 is 2.18 bits per heavy atom. The number of hydrogen-bond donors (Lipinski definition) is 2. The van der Waals surface area contributed by atoms with Crippen molar-refractivity contribution in [2.45, 2.75) is 31.7 Å². The predicted molar refractivity (Wildman–Crippen MR) is 80.2 cm³/mol. The lowest BCUT2D eigenvalue weighted by Crippen LogP contribution is -2.35. The van der Waals surface area contributed by atoms with E-state index in [1.54, 1.807) is 7.05 Å². The van der Waals surface area contributed by atoms with Crippen molar-refractivity contribution in [2.75, 3.05) is 20.8 Å². The molecule has 7 nitrogen and oxygen atoms in total. The number of rotatable bonds is 8. The van der Waals surface area contributed by atoms with Crippen LogP contribution in [-0.2, 0) is 23.9 Å². The number of aliphatic carboxylic acids is 1. The maximum atomic E-state index is 10.9. The van der Waals surface area contributed by atoms with Crippen LogP contribution in [0.3, 0.4) is 0 Å². The quantitative estimate of drug-likeness (QED) is 0.510. The summed E-state index contributed by atoms with van der Waals surface area (Å²) < 4.78 is 9.01. The van der Waals surface area contributed by atoms with Gasteiger partial charge in [-0.1, -0.05) is 18.2 Å². The summed E-state index contributed by atoms with van der Waals surface area (Å²) in [5.74, 6) is -1.35. The van der Waals surface area contributed by atoms with Crippen LogP contribution in [0.1, 0.15) is 25.7 Å². The van der Waals surface area contributed by atoms with Crippen LogP contribution < -0.4 is 5.32 Å². The highest BCUT2D eigenvalue weighted by atomic mass is 16.5. The Morgan fingerprint density at radius 3 is 2.64 bits per heavy atom. The van der Waals surface area contributed by atoms with Crippen LogP contribution in [0, 0.1) is 0 Å². The number of carbonyl (C=O) groups excluding carboxylic acids is 2. The van der Waals surface area contributed by atoms with Gasteiger partial charge in [-0.05, 0) is 31.9 Å². The van der Waals surface area contributed by atoms with Gasteiger partial charge in [0.15, 0.2) is 0 Å². The molecular formula is C15H23NO6. The molecule has 2 N–H and O–H groups in total. The lowest BCUT2D eigenvalue weighted by Gasteiger charge is -2.11. The van der Waals surface area contributed by atoms with Crippen molar-refractivity contribution in [3.63, 3.8) is 0 Å². The fraction of sp³-hybridized carbons (Fsp3) is 0.533. The van der Waals surface area contributed by atoms with Gasteiger partial charge in [0.05, 0.1) is 7.11 Å². The van der Waals surface area contributed by atoms with E-state index in [-0.39, 0.29) is 12.8 Å². The molecule has 0 radical (unpaired) electrons. The minimum atomic E-state index is -0.917. The molecule has 0 saturated heterocycles. The molecule has 1 atom stereocenters. The second kappa shape index (κ2) is 12.6. The van der Waals surface area contributed by atoms with Crippen LogP contribution in [0.25, 0.3) is 0 Å². The summed E-state index contributed by atoms with van der Waals surface area (Å²) in [5.41, 5.74) is 1.10. The number of ether oxygens (including phenoxy) is 2. The summed E-state index contributed by atoms with van der Waals surface area (Å²) in [7, 11) is 2.86. The predicted octanol–water partition coefficient (Wildman–Crippen LogP) is 1.05. The van der Waals surface area contributed by atoms with Crippen LogP contribution >= 0.6 is 0 Å². The molecule has 0 aliphatic heterocycles. The van der Waals surface area contributed by atoms with Gasteiger partial charge in [-0.15, -0.1) is 0 Å². The summed E-state index contributed by atoms with van der Waals surface area (Å²) in [4.78, 5) is 30.8. The molecule has 0 bridgehead atoms. The molecule has 1 aliphatic carbocycles. The van der Waals surface area contributed by atoms with Gasteiger partial charge in [0.1, 0.15) is 12.6 Å². The zero-order chi connectivity index (χ0) is 16.8. The molecule has 1 rings (SSSR count). The summed E-state index contributed by atoms with van der Waals surface area (Å²) in [6.07, 6.45) is 8.54. The van der Waals surface area contributed by atoms with Crippen molar-refractivity contribution in [3.8, 4) is 0 Å². The van der Waals surface area contributed by atoms with Gasteiger partial charge in [-0.25, -0.2) is 0 Å². The minimum Gasteiger partial charge on any atom is -0.481 e. The summed E-state index contributed by atoms with van der Waals surface area (Å²) in [6, 6.07) is -0.522. The molecule has 0 fully saturated rings. The maximum absolute atomic E-state index is 10.9. The number of esters is 1. The van der Waals surface area contributed by atoms with Crippen LogP contribution in [0.15, 0.2) is 23.8 Å². The summed E-state index contributed by atoms with van der Waals surface area (Å²) in [5, 5.41) is 11.0. The van der Waals surface area contributed by atoms with Crippen LogP contribution in [0.4, 0.5) is 0 Å². The van der Waals surface area contributed by atoms with Gasteiger partial charge >= 0.3 is 11.9 Å². The average molecular weight is 313 g/mol. The van der Waals surface area contributed by atoms with E-state index >= 15 is 0 Å². The molecular weight excluding hydrogens is 290 g/mol. The number of nitrogens with one attached hydrogen (secondary N) is 1. The van der Waals surface area contributed by atoms with Crippen molar-refractivity contribution < 1.29 is 29.0 Å². The number of carboxylic acids is 1. The Labute approximate surface area is 130 Å². The molecule has 0 heterocycles. The molecule has 0 saturated carbocycles. The smallest absolute Gasteiger partial charge is 0.322 e. The van der Waals surface area contributed by atoms with E-state index < -0.39 is 18.0 Å². The third kappa shape index (κ3) is 9.71. The average Bonchev–Trinajstić information content (AvgIpc) is 2.54. The summed E-state index contributed by atoms with van der Waals surface area (Å²) >= 11 is 0. The highest BCUT2D eigenvalue weighted by molar-refractivity contribution is 5.76. The van der Waals surface area contributed by atoms with E-state index in [9.17, 15) is 14.4 Å². The monoisotopic (exact) mass is 313 g/mol. The van der Waals surface area contributed by atoms with Crippen molar-refractivity contribution >= 4 is 18.4 Å². The lowest BCUT2D eigenvalue weighted by atomic mass is 10.1. The largest absolute Gasteiger partial charge is 0.481 e. The molecule has 0 spiro atoms. The first-order valence-corrected chi connectivity index (χ1v) is 6.92. The summed E-state index contributed by atoms with van der Waals surface area (Å²) in [6.45, 7) is 0.892. The van der Waals surface area contributed by atoms with E-state index in [4.69, 9.17) is 5.11 Å². The Hall–Kier alpha value is -2.15. The third-order valence-electron chi connectivity index (χ3n) is 2.87.